The molecular formula is C26H43N3O4. The van der Waals surface area contributed by atoms with Crippen LogP contribution in [-0.2, 0) is 14.3 Å². The predicted octanol–water partition coefficient (Wildman–Crippen LogP) is 4.74. The molecule has 2 atom stereocenters. The highest BCUT2D eigenvalue weighted by Crippen LogP contribution is 2.25. The van der Waals surface area contributed by atoms with E-state index in [0.717, 1.165) is 11.1 Å². The van der Waals surface area contributed by atoms with E-state index in [1.54, 1.807) is 25.7 Å². The van der Waals surface area contributed by atoms with Crippen LogP contribution in [0.2, 0.25) is 0 Å². The first-order chi connectivity index (χ1) is 15.1. The maximum absolute atomic E-state index is 13.8. The molecule has 1 aromatic carbocycles. The van der Waals surface area contributed by atoms with Crippen molar-refractivity contribution >= 4 is 17.9 Å². The summed E-state index contributed by atoms with van der Waals surface area (Å²) in [5.41, 5.74) is 0.639. The quantitative estimate of drug-likeness (QED) is 0.585. The Balaban J connectivity index is 3.41. The number of hydrogen-bond donors (Lipinski definition) is 2. The van der Waals surface area contributed by atoms with Crippen molar-refractivity contribution in [2.75, 3.05) is 6.54 Å². The molecule has 0 aromatic heterocycles. The van der Waals surface area contributed by atoms with Crippen LogP contribution in [0.25, 0.3) is 0 Å². The van der Waals surface area contributed by atoms with Crippen molar-refractivity contribution in [1.29, 1.82) is 0 Å². The SMILES string of the molecule is CCCN(C(=O)C(NC(=O)OC(C)(C)C)C(C)C)C(C(=O)NC(C)(C)C)c1ccc(C)cc1. The molecule has 186 valence electrons. The van der Waals surface area contributed by atoms with Crippen molar-refractivity contribution in [3.05, 3.63) is 35.4 Å². The van der Waals surface area contributed by atoms with Crippen molar-refractivity contribution in [1.82, 2.24) is 15.5 Å². The molecule has 0 saturated heterocycles. The molecule has 2 N–H and O–H groups in total. The van der Waals surface area contributed by atoms with E-state index in [-0.39, 0.29) is 17.7 Å². The van der Waals surface area contributed by atoms with E-state index in [9.17, 15) is 14.4 Å². The second-order valence-corrected chi connectivity index (χ2v) is 11.0. The Hall–Kier alpha value is -2.57. The fourth-order valence-electron chi connectivity index (χ4n) is 3.39. The average molecular weight is 462 g/mol. The number of alkyl carbamates (subject to hydrolysis) is 1. The molecule has 0 aliphatic carbocycles. The van der Waals surface area contributed by atoms with Crippen LogP contribution in [0.15, 0.2) is 24.3 Å². The summed E-state index contributed by atoms with van der Waals surface area (Å²) < 4.78 is 5.38. The van der Waals surface area contributed by atoms with Gasteiger partial charge in [-0.15, -0.1) is 0 Å². The van der Waals surface area contributed by atoms with Gasteiger partial charge in [-0.2, -0.15) is 0 Å². The van der Waals surface area contributed by atoms with Gasteiger partial charge in [0.2, 0.25) is 11.8 Å². The first-order valence-electron chi connectivity index (χ1n) is 11.7. The number of aryl methyl sites for hydroxylation is 1. The number of hydrogen-bond acceptors (Lipinski definition) is 4. The minimum absolute atomic E-state index is 0.200. The minimum atomic E-state index is -0.832. The third-order valence-electron chi connectivity index (χ3n) is 4.80. The highest BCUT2D eigenvalue weighted by atomic mass is 16.6. The molecule has 0 aliphatic heterocycles. The summed E-state index contributed by atoms with van der Waals surface area (Å²) in [5.74, 6) is -0.769. The van der Waals surface area contributed by atoms with Gasteiger partial charge in [0.05, 0.1) is 0 Å². The zero-order valence-corrected chi connectivity index (χ0v) is 22.0. The Morgan fingerprint density at radius 3 is 1.97 bits per heavy atom. The summed E-state index contributed by atoms with van der Waals surface area (Å²) >= 11 is 0. The number of carbonyl (C=O) groups excluding carboxylic acids is 3. The summed E-state index contributed by atoms with van der Waals surface area (Å²) in [6.45, 7) is 19.1. The molecule has 0 radical (unpaired) electrons. The molecule has 3 amide bonds. The standard InChI is InChI=1S/C26H43N3O4/c1-11-16-29(23(31)20(17(2)3)27-24(32)33-26(8,9)10)21(22(30)28-25(5,6)7)19-14-12-18(4)13-15-19/h12-15,17,20-21H,11,16H2,1-10H3,(H,27,32)(H,28,30). The molecule has 0 saturated carbocycles. The first-order valence-corrected chi connectivity index (χ1v) is 11.7. The maximum Gasteiger partial charge on any atom is 0.408 e. The molecule has 0 fully saturated rings. The number of amides is 3. The van der Waals surface area contributed by atoms with E-state index >= 15 is 0 Å². The van der Waals surface area contributed by atoms with Gasteiger partial charge in [0, 0.05) is 12.1 Å². The Morgan fingerprint density at radius 2 is 1.55 bits per heavy atom. The van der Waals surface area contributed by atoms with E-state index in [1.165, 1.54) is 0 Å². The molecule has 0 spiro atoms. The molecule has 0 aliphatic rings. The fraction of sp³-hybridized carbons (Fsp3) is 0.654. The highest BCUT2D eigenvalue weighted by molar-refractivity contribution is 5.92. The molecule has 33 heavy (non-hydrogen) atoms. The summed E-state index contributed by atoms with van der Waals surface area (Å²) in [6, 6.07) is 5.97. The van der Waals surface area contributed by atoms with Crippen LogP contribution in [0.5, 0.6) is 0 Å². The maximum atomic E-state index is 13.8. The van der Waals surface area contributed by atoms with Gasteiger partial charge in [0.1, 0.15) is 17.7 Å². The van der Waals surface area contributed by atoms with E-state index < -0.39 is 29.3 Å². The number of nitrogens with one attached hydrogen (secondary N) is 2. The topological polar surface area (TPSA) is 87.7 Å². The minimum Gasteiger partial charge on any atom is -0.444 e. The summed E-state index contributed by atoms with van der Waals surface area (Å²) in [5, 5.41) is 5.75. The van der Waals surface area contributed by atoms with Crippen molar-refractivity contribution in [2.24, 2.45) is 5.92 Å². The van der Waals surface area contributed by atoms with Gasteiger partial charge in [-0.1, -0.05) is 50.6 Å². The largest absolute Gasteiger partial charge is 0.444 e. The second kappa shape index (κ2) is 11.5. The van der Waals surface area contributed by atoms with E-state index in [2.05, 4.69) is 10.6 Å². The number of ether oxygens (including phenoxy) is 1. The van der Waals surface area contributed by atoms with Crippen LogP contribution >= 0.6 is 0 Å². The van der Waals surface area contributed by atoms with Crippen molar-refractivity contribution in [3.8, 4) is 0 Å². The molecule has 7 heteroatoms. The third-order valence-corrected chi connectivity index (χ3v) is 4.80. The smallest absolute Gasteiger partial charge is 0.408 e. The number of rotatable bonds is 8. The molecule has 0 bridgehead atoms. The molecule has 0 heterocycles. The zero-order valence-electron chi connectivity index (χ0n) is 22.0. The van der Waals surface area contributed by atoms with Gasteiger partial charge in [-0.05, 0) is 66.4 Å². The van der Waals surface area contributed by atoms with Gasteiger partial charge in [-0.25, -0.2) is 4.79 Å². The average Bonchev–Trinajstić information content (AvgIpc) is 2.63. The van der Waals surface area contributed by atoms with E-state index in [4.69, 9.17) is 4.74 Å². The number of carbonyl (C=O) groups is 3. The van der Waals surface area contributed by atoms with Gasteiger partial charge >= 0.3 is 6.09 Å². The molecule has 1 rings (SSSR count). The first kappa shape index (κ1) is 28.5. The van der Waals surface area contributed by atoms with E-state index in [0.29, 0.717) is 13.0 Å². The Labute approximate surface area is 199 Å². The Bertz CT molecular complexity index is 804. The number of benzene rings is 1. The van der Waals surface area contributed by atoms with Crippen molar-refractivity contribution < 1.29 is 19.1 Å². The Morgan fingerprint density at radius 1 is 1.00 bits per heavy atom. The van der Waals surface area contributed by atoms with Gasteiger partial charge in [-0.3, -0.25) is 9.59 Å². The molecule has 2 unspecified atom stereocenters. The summed E-state index contributed by atoms with van der Waals surface area (Å²) in [6.07, 6.45) is 0.00533. The van der Waals surface area contributed by atoms with Crippen LogP contribution in [0.3, 0.4) is 0 Å². The molecular weight excluding hydrogens is 418 g/mol. The van der Waals surface area contributed by atoms with Crippen LogP contribution < -0.4 is 10.6 Å². The van der Waals surface area contributed by atoms with Crippen LogP contribution in [0.4, 0.5) is 4.79 Å². The van der Waals surface area contributed by atoms with Crippen molar-refractivity contribution in [2.45, 2.75) is 98.9 Å². The van der Waals surface area contributed by atoms with Crippen LogP contribution in [-0.4, -0.2) is 46.5 Å². The summed E-state index contributed by atoms with van der Waals surface area (Å²) in [7, 11) is 0. The highest BCUT2D eigenvalue weighted by Gasteiger charge is 2.37. The molecule has 1 aromatic rings. The lowest BCUT2D eigenvalue weighted by Gasteiger charge is -2.36. The number of nitrogens with zero attached hydrogens (tertiary/aromatic N) is 1. The van der Waals surface area contributed by atoms with Gasteiger partial charge in [0.15, 0.2) is 0 Å². The lowest BCUT2D eigenvalue weighted by atomic mass is 9.97. The van der Waals surface area contributed by atoms with Crippen molar-refractivity contribution in [3.63, 3.8) is 0 Å². The van der Waals surface area contributed by atoms with Gasteiger partial charge in [0.25, 0.3) is 0 Å². The monoisotopic (exact) mass is 461 g/mol. The fourth-order valence-corrected chi connectivity index (χ4v) is 3.39. The van der Waals surface area contributed by atoms with Gasteiger partial charge < -0.3 is 20.3 Å². The Kier molecular flexibility index (Phi) is 9.94. The lowest BCUT2D eigenvalue weighted by molar-refractivity contribution is -0.144. The second-order valence-electron chi connectivity index (χ2n) is 11.0. The van der Waals surface area contributed by atoms with Crippen LogP contribution in [0.1, 0.15) is 85.9 Å². The van der Waals surface area contributed by atoms with Crippen LogP contribution in [0, 0.1) is 12.8 Å². The summed E-state index contributed by atoms with van der Waals surface area (Å²) in [4.78, 5) is 41.3. The third kappa shape index (κ3) is 9.44. The normalized spacial score (nSPS) is 13.8. The van der Waals surface area contributed by atoms with E-state index in [1.807, 2.05) is 72.7 Å². The molecule has 7 nitrogen and oxygen atoms in total. The zero-order chi connectivity index (χ0) is 25.6. The predicted molar refractivity (Wildman–Crippen MR) is 132 cm³/mol. The lowest BCUT2D eigenvalue weighted by Crippen LogP contribution is -2.56.